The number of hydrogen-bond acceptors (Lipinski definition) is 10. The number of benzene rings is 1. The lowest BCUT2D eigenvalue weighted by molar-refractivity contribution is 0.103. The van der Waals surface area contributed by atoms with Crippen LogP contribution < -0.4 is 21.1 Å². The first-order chi connectivity index (χ1) is 24.6. The van der Waals surface area contributed by atoms with Crippen molar-refractivity contribution < 1.29 is 9.59 Å². The Morgan fingerprint density at radius 3 is 2.32 bits per heavy atom. The van der Waals surface area contributed by atoms with Gasteiger partial charge in [-0.1, -0.05) is 30.4 Å². The van der Waals surface area contributed by atoms with Gasteiger partial charge in [0.05, 0.1) is 11.1 Å². The standard InChI is InChI=1S/C40H36N8O2/c49-33-9-3-7-29-34-26-10-14-41-23-25(26)22-30(34)39(46-37(29)33)43-12-4-16-47-18-20-48(21-19-47)17-5-13-44-40-36-35(28-6-1-2-8-32(28)45-40)27-11-15-42-24-31(27)38(36)50/h1-3,6-11,14-15,22-24,43H,4-5,12-13,16-21H2,(H,44,45). The average molecular weight is 661 g/mol. The topological polar surface area (TPSA) is 116 Å². The predicted octanol–water partition coefficient (Wildman–Crippen LogP) is 3.52. The highest BCUT2D eigenvalue weighted by atomic mass is 16.1. The zero-order valence-electron chi connectivity index (χ0n) is 27.7. The Kier molecular flexibility index (Phi) is 7.74. The molecule has 1 saturated heterocycles. The van der Waals surface area contributed by atoms with Gasteiger partial charge in [0.25, 0.3) is 0 Å². The Balaban J connectivity index is 0.776. The molecule has 5 heterocycles. The number of anilines is 2. The van der Waals surface area contributed by atoms with E-state index in [0.717, 1.165) is 119 Å². The van der Waals surface area contributed by atoms with Crippen molar-refractivity contribution >= 4 is 46.3 Å². The number of carbonyl (C=O) groups excluding carboxylic acids is 2. The second-order valence-corrected chi connectivity index (χ2v) is 13.2. The number of nitrogens with zero attached hydrogens (tertiary/aromatic N) is 6. The zero-order chi connectivity index (χ0) is 33.6. The number of piperazine rings is 1. The molecule has 0 atom stereocenters. The van der Waals surface area contributed by atoms with Crippen molar-refractivity contribution in [2.75, 3.05) is 63.0 Å². The molecule has 1 fully saturated rings. The van der Waals surface area contributed by atoms with Gasteiger partial charge in [-0.3, -0.25) is 19.6 Å². The van der Waals surface area contributed by atoms with Crippen LogP contribution in [0.4, 0.5) is 11.6 Å². The van der Waals surface area contributed by atoms with Crippen LogP contribution in [0.25, 0.3) is 34.2 Å². The summed E-state index contributed by atoms with van der Waals surface area (Å²) in [7, 11) is 0. The first kappa shape index (κ1) is 30.5. The maximum absolute atomic E-state index is 13.4. The van der Waals surface area contributed by atoms with Crippen molar-refractivity contribution in [2.45, 2.75) is 12.8 Å². The van der Waals surface area contributed by atoms with Gasteiger partial charge >= 0.3 is 0 Å². The lowest BCUT2D eigenvalue weighted by Crippen LogP contribution is -2.47. The van der Waals surface area contributed by atoms with E-state index in [4.69, 9.17) is 9.97 Å². The summed E-state index contributed by atoms with van der Waals surface area (Å²) in [6, 6.07) is 12.0. The maximum atomic E-state index is 13.4. The molecule has 0 bridgehead atoms. The molecule has 9 rings (SSSR count). The number of aromatic nitrogens is 4. The van der Waals surface area contributed by atoms with Gasteiger partial charge in [0, 0.05) is 102 Å². The predicted molar refractivity (Wildman–Crippen MR) is 194 cm³/mol. The lowest BCUT2D eigenvalue weighted by atomic mass is 10.0. The van der Waals surface area contributed by atoms with Crippen LogP contribution in [0.3, 0.4) is 0 Å². The molecule has 0 radical (unpaired) electrons. The molecule has 1 aliphatic heterocycles. The number of hydrogen-bond donors (Lipinski definition) is 2. The van der Waals surface area contributed by atoms with Crippen LogP contribution in [-0.2, 0) is 0 Å². The summed E-state index contributed by atoms with van der Waals surface area (Å²) in [4.78, 5) is 49.4. The summed E-state index contributed by atoms with van der Waals surface area (Å²) in [5, 5.41) is 12.2. The van der Waals surface area contributed by atoms with E-state index in [1.165, 1.54) is 0 Å². The van der Waals surface area contributed by atoms with Crippen molar-refractivity contribution in [3.05, 3.63) is 117 Å². The van der Waals surface area contributed by atoms with Gasteiger partial charge in [-0.2, -0.15) is 0 Å². The molecule has 248 valence electrons. The first-order valence-electron chi connectivity index (χ1n) is 17.4. The molecule has 0 saturated carbocycles. The van der Waals surface area contributed by atoms with Crippen LogP contribution >= 0.6 is 0 Å². The lowest BCUT2D eigenvalue weighted by Gasteiger charge is -2.34. The third-order valence-corrected chi connectivity index (χ3v) is 10.2. The molecule has 4 aromatic heterocycles. The van der Waals surface area contributed by atoms with E-state index in [1.807, 2.05) is 54.7 Å². The minimum absolute atomic E-state index is 0.00865. The van der Waals surface area contributed by atoms with E-state index >= 15 is 0 Å². The third kappa shape index (κ3) is 5.28. The summed E-state index contributed by atoms with van der Waals surface area (Å²) in [5.74, 6) is 1.36. The van der Waals surface area contributed by atoms with E-state index in [-0.39, 0.29) is 11.6 Å². The Bertz CT molecular complexity index is 2470. The largest absolute Gasteiger partial charge is 0.369 e. The number of allylic oxidation sites excluding steroid dienone is 2. The number of nitrogens with one attached hydrogen (secondary N) is 2. The van der Waals surface area contributed by atoms with Crippen LogP contribution in [0.2, 0.25) is 0 Å². The molecule has 0 spiro atoms. The summed E-state index contributed by atoms with van der Waals surface area (Å²) >= 11 is 0. The van der Waals surface area contributed by atoms with Crippen molar-refractivity contribution in [1.82, 2.24) is 29.7 Å². The van der Waals surface area contributed by atoms with Crippen LogP contribution in [0.1, 0.15) is 44.8 Å². The molecule has 1 aromatic carbocycles. The van der Waals surface area contributed by atoms with E-state index in [2.05, 4.69) is 36.5 Å². The van der Waals surface area contributed by atoms with Gasteiger partial charge in [-0.25, -0.2) is 9.97 Å². The Labute approximate surface area is 288 Å². The van der Waals surface area contributed by atoms with Crippen molar-refractivity contribution in [3.8, 4) is 11.1 Å². The van der Waals surface area contributed by atoms with Crippen LogP contribution in [0, 0.1) is 10.4 Å². The van der Waals surface area contributed by atoms with Gasteiger partial charge in [0.2, 0.25) is 5.78 Å². The number of ketones is 2. The average Bonchev–Trinajstić information content (AvgIpc) is 3.69. The fourth-order valence-electron chi connectivity index (χ4n) is 7.77. The van der Waals surface area contributed by atoms with E-state index in [0.29, 0.717) is 22.6 Å². The Hall–Kier alpha value is -5.58. The molecular weight excluding hydrogens is 624 g/mol. The smallest absolute Gasteiger partial charge is 0.204 e. The zero-order valence-corrected chi connectivity index (χ0v) is 27.7. The van der Waals surface area contributed by atoms with Gasteiger partial charge in [0.1, 0.15) is 17.3 Å². The molecule has 0 amide bonds. The Morgan fingerprint density at radius 2 is 1.50 bits per heavy atom. The van der Waals surface area contributed by atoms with Crippen molar-refractivity contribution in [3.63, 3.8) is 0 Å². The Morgan fingerprint density at radius 1 is 0.760 bits per heavy atom. The highest BCUT2D eigenvalue weighted by Crippen LogP contribution is 2.43. The molecule has 50 heavy (non-hydrogen) atoms. The van der Waals surface area contributed by atoms with Gasteiger partial charge in [-0.15, -0.1) is 0 Å². The van der Waals surface area contributed by atoms with Crippen LogP contribution in [0.5, 0.6) is 0 Å². The number of rotatable bonds is 10. The summed E-state index contributed by atoms with van der Waals surface area (Å²) in [6.45, 7) is 7.65. The SMILES string of the molecule is O=C1c2cnccc2-c2c1c(NCCCN1CCN(CCCNc3nc4c(c5c3C=c3cnccc3=5)=CC=CC4=O)CC1)nc1ccccc21. The number of para-hydroxylation sites is 1. The quantitative estimate of drug-likeness (QED) is 0.211. The molecule has 2 N–H and O–H groups in total. The molecule has 10 heteroatoms. The minimum atomic E-state index is -0.0581. The second-order valence-electron chi connectivity index (χ2n) is 13.2. The normalized spacial score (nSPS) is 15.9. The first-order valence-corrected chi connectivity index (χ1v) is 17.4. The molecular formula is C40H36N8O2. The van der Waals surface area contributed by atoms with Crippen LogP contribution in [-0.4, -0.2) is 93.7 Å². The fourth-order valence-corrected chi connectivity index (χ4v) is 7.77. The highest BCUT2D eigenvalue weighted by Gasteiger charge is 2.32. The molecule has 0 unspecified atom stereocenters. The number of pyridine rings is 4. The minimum Gasteiger partial charge on any atom is -0.369 e. The maximum Gasteiger partial charge on any atom is 0.204 e. The number of carbonyl (C=O) groups is 2. The summed E-state index contributed by atoms with van der Waals surface area (Å²) in [6.07, 6.45) is 16.5. The van der Waals surface area contributed by atoms with Crippen molar-refractivity contribution in [2.24, 2.45) is 0 Å². The molecule has 3 aliphatic carbocycles. The summed E-state index contributed by atoms with van der Waals surface area (Å²) in [5.41, 5.74) is 5.62. The monoisotopic (exact) mass is 660 g/mol. The highest BCUT2D eigenvalue weighted by molar-refractivity contribution is 6.27. The fraction of sp³-hybridized carbons (Fsp3) is 0.250. The van der Waals surface area contributed by atoms with Crippen LogP contribution in [0.15, 0.2) is 73.3 Å². The van der Waals surface area contributed by atoms with E-state index < -0.39 is 0 Å². The molecule has 4 aliphatic rings. The third-order valence-electron chi connectivity index (χ3n) is 10.2. The van der Waals surface area contributed by atoms with Gasteiger partial charge in [0.15, 0.2) is 5.78 Å². The second kappa shape index (κ2) is 12.7. The number of fused-ring (bicyclic) bond motifs is 9. The van der Waals surface area contributed by atoms with E-state index in [9.17, 15) is 9.59 Å². The molecule has 5 aromatic rings. The van der Waals surface area contributed by atoms with Gasteiger partial charge < -0.3 is 20.4 Å². The van der Waals surface area contributed by atoms with E-state index in [1.54, 1.807) is 24.7 Å². The molecule has 10 nitrogen and oxygen atoms in total. The van der Waals surface area contributed by atoms with Crippen molar-refractivity contribution in [1.29, 1.82) is 0 Å². The summed E-state index contributed by atoms with van der Waals surface area (Å²) < 4.78 is 0. The van der Waals surface area contributed by atoms with Gasteiger partial charge in [-0.05, 0) is 67.1 Å².